The van der Waals surface area contributed by atoms with E-state index >= 15 is 0 Å². The topological polar surface area (TPSA) is 15.3 Å². The van der Waals surface area contributed by atoms with Gasteiger partial charge in [-0.2, -0.15) is 0 Å². The molecule has 0 heterocycles. The zero-order chi connectivity index (χ0) is 15.0. The highest BCUT2D eigenvalue weighted by molar-refractivity contribution is 4.80. The van der Waals surface area contributed by atoms with Crippen molar-refractivity contribution in [2.45, 2.75) is 84.7 Å². The molecule has 2 nitrogen and oxygen atoms in total. The zero-order valence-electron chi connectivity index (χ0n) is 14.6. The van der Waals surface area contributed by atoms with Gasteiger partial charge >= 0.3 is 0 Å². The van der Waals surface area contributed by atoms with E-state index < -0.39 is 0 Å². The van der Waals surface area contributed by atoms with Gasteiger partial charge in [0.05, 0.1) is 0 Å². The molecule has 1 atom stereocenters. The molecular formula is C18H38N2. The Kier molecular flexibility index (Phi) is 8.79. The summed E-state index contributed by atoms with van der Waals surface area (Å²) in [6.45, 7) is 11.6. The van der Waals surface area contributed by atoms with Gasteiger partial charge in [0.15, 0.2) is 0 Å². The summed E-state index contributed by atoms with van der Waals surface area (Å²) in [5, 5.41) is 3.55. The summed E-state index contributed by atoms with van der Waals surface area (Å²) in [6.07, 6.45) is 9.77. The van der Waals surface area contributed by atoms with Crippen LogP contribution in [0.3, 0.4) is 0 Å². The molecule has 0 bridgehead atoms. The lowest BCUT2D eigenvalue weighted by Gasteiger charge is -2.38. The van der Waals surface area contributed by atoms with Crippen molar-refractivity contribution in [3.05, 3.63) is 0 Å². The van der Waals surface area contributed by atoms with Crippen molar-refractivity contribution >= 4 is 0 Å². The number of nitrogens with zero attached hydrogens (tertiary/aromatic N) is 1. The summed E-state index contributed by atoms with van der Waals surface area (Å²) < 4.78 is 0. The van der Waals surface area contributed by atoms with Gasteiger partial charge in [0.25, 0.3) is 0 Å². The SMILES string of the molecule is CCC1CCC(N(C)C(C)CCCNCC(C)C)CC1. The van der Waals surface area contributed by atoms with Crippen LogP contribution in [-0.2, 0) is 0 Å². The van der Waals surface area contributed by atoms with E-state index in [2.05, 4.69) is 45.0 Å². The Morgan fingerprint density at radius 2 is 1.75 bits per heavy atom. The molecule has 120 valence electrons. The summed E-state index contributed by atoms with van der Waals surface area (Å²) in [6, 6.07) is 1.58. The van der Waals surface area contributed by atoms with E-state index in [0.29, 0.717) is 0 Å². The molecule has 0 radical (unpaired) electrons. The van der Waals surface area contributed by atoms with Crippen LogP contribution in [-0.4, -0.2) is 37.1 Å². The quantitative estimate of drug-likeness (QED) is 0.634. The summed E-state index contributed by atoms with van der Waals surface area (Å²) in [5.74, 6) is 1.78. The van der Waals surface area contributed by atoms with Gasteiger partial charge < -0.3 is 10.2 Å². The minimum absolute atomic E-state index is 0.735. The van der Waals surface area contributed by atoms with Crippen molar-refractivity contribution in [3.8, 4) is 0 Å². The molecule has 1 fully saturated rings. The molecule has 0 aliphatic heterocycles. The highest BCUT2D eigenvalue weighted by Crippen LogP contribution is 2.30. The maximum Gasteiger partial charge on any atom is 0.00952 e. The van der Waals surface area contributed by atoms with Crippen molar-refractivity contribution in [3.63, 3.8) is 0 Å². The van der Waals surface area contributed by atoms with Crippen molar-refractivity contribution in [2.24, 2.45) is 11.8 Å². The third-order valence-electron chi connectivity index (χ3n) is 5.19. The van der Waals surface area contributed by atoms with Gasteiger partial charge in [0.2, 0.25) is 0 Å². The first kappa shape index (κ1) is 18.0. The van der Waals surface area contributed by atoms with Gasteiger partial charge in [-0.25, -0.2) is 0 Å². The van der Waals surface area contributed by atoms with Crippen molar-refractivity contribution < 1.29 is 0 Å². The second kappa shape index (κ2) is 9.78. The van der Waals surface area contributed by atoms with Gasteiger partial charge in [-0.3, -0.25) is 0 Å². The molecule has 1 N–H and O–H groups in total. The van der Waals surface area contributed by atoms with Crippen LogP contribution in [0.4, 0.5) is 0 Å². The van der Waals surface area contributed by atoms with Crippen LogP contribution in [0.2, 0.25) is 0 Å². The molecule has 20 heavy (non-hydrogen) atoms. The highest BCUT2D eigenvalue weighted by atomic mass is 15.2. The largest absolute Gasteiger partial charge is 0.316 e. The van der Waals surface area contributed by atoms with E-state index in [4.69, 9.17) is 0 Å². The molecule has 1 saturated carbocycles. The fourth-order valence-corrected chi connectivity index (χ4v) is 3.44. The number of hydrogen-bond donors (Lipinski definition) is 1. The predicted molar refractivity (Wildman–Crippen MR) is 90.2 cm³/mol. The molecule has 0 spiro atoms. The second-order valence-corrected chi connectivity index (χ2v) is 7.34. The zero-order valence-corrected chi connectivity index (χ0v) is 14.6. The van der Waals surface area contributed by atoms with Crippen LogP contribution in [0, 0.1) is 11.8 Å². The smallest absolute Gasteiger partial charge is 0.00952 e. The standard InChI is InChI=1S/C18H38N2/c1-6-17-9-11-18(12-10-17)20(5)16(4)8-7-13-19-14-15(2)3/h15-19H,6-14H2,1-5H3. The van der Waals surface area contributed by atoms with E-state index in [1.807, 2.05) is 0 Å². The van der Waals surface area contributed by atoms with Crippen LogP contribution in [0.25, 0.3) is 0 Å². The van der Waals surface area contributed by atoms with Crippen LogP contribution < -0.4 is 5.32 Å². The Hall–Kier alpha value is -0.0800. The summed E-state index contributed by atoms with van der Waals surface area (Å²) in [7, 11) is 2.35. The molecule has 0 aromatic rings. The molecule has 1 aliphatic rings. The first-order chi connectivity index (χ1) is 9.54. The van der Waals surface area contributed by atoms with Crippen molar-refractivity contribution in [2.75, 3.05) is 20.1 Å². The van der Waals surface area contributed by atoms with Gasteiger partial charge in [-0.1, -0.05) is 27.2 Å². The molecule has 1 aliphatic carbocycles. The summed E-state index contributed by atoms with van der Waals surface area (Å²) >= 11 is 0. The van der Waals surface area contributed by atoms with E-state index in [1.165, 1.54) is 51.5 Å². The van der Waals surface area contributed by atoms with Gasteiger partial charge in [0.1, 0.15) is 0 Å². The van der Waals surface area contributed by atoms with Crippen molar-refractivity contribution in [1.29, 1.82) is 0 Å². The fourth-order valence-electron chi connectivity index (χ4n) is 3.44. The third kappa shape index (κ3) is 6.58. The van der Waals surface area contributed by atoms with Crippen LogP contribution in [0.5, 0.6) is 0 Å². The molecule has 1 unspecified atom stereocenters. The lowest BCUT2D eigenvalue weighted by molar-refractivity contribution is 0.121. The Balaban J connectivity index is 2.14. The van der Waals surface area contributed by atoms with Crippen LogP contribution >= 0.6 is 0 Å². The monoisotopic (exact) mass is 282 g/mol. The molecular weight excluding hydrogens is 244 g/mol. The third-order valence-corrected chi connectivity index (χ3v) is 5.19. The lowest BCUT2D eigenvalue weighted by atomic mass is 9.83. The first-order valence-corrected chi connectivity index (χ1v) is 8.97. The molecule has 0 amide bonds. The molecule has 0 saturated heterocycles. The van der Waals surface area contributed by atoms with Crippen LogP contribution in [0.15, 0.2) is 0 Å². The normalized spacial score (nSPS) is 25.4. The average Bonchev–Trinajstić information content (AvgIpc) is 2.45. The second-order valence-electron chi connectivity index (χ2n) is 7.34. The lowest BCUT2D eigenvalue weighted by Crippen LogP contribution is -2.41. The van der Waals surface area contributed by atoms with E-state index in [9.17, 15) is 0 Å². The number of rotatable bonds is 9. The van der Waals surface area contributed by atoms with E-state index in [1.54, 1.807) is 0 Å². The molecule has 2 heteroatoms. The Labute approximate surface area is 127 Å². The predicted octanol–water partition coefficient (Wildman–Crippen LogP) is 4.30. The van der Waals surface area contributed by atoms with E-state index in [0.717, 1.165) is 30.5 Å². The minimum atomic E-state index is 0.735. The van der Waals surface area contributed by atoms with Gasteiger partial charge in [-0.15, -0.1) is 0 Å². The van der Waals surface area contributed by atoms with Crippen LogP contribution in [0.1, 0.15) is 72.6 Å². The highest BCUT2D eigenvalue weighted by Gasteiger charge is 2.25. The maximum atomic E-state index is 3.55. The van der Waals surface area contributed by atoms with Gasteiger partial charge in [-0.05, 0) is 77.4 Å². The maximum absolute atomic E-state index is 3.55. The molecule has 0 aromatic carbocycles. The summed E-state index contributed by atoms with van der Waals surface area (Å²) in [4.78, 5) is 2.66. The average molecular weight is 283 g/mol. The Morgan fingerprint density at radius 3 is 2.30 bits per heavy atom. The minimum Gasteiger partial charge on any atom is -0.316 e. The summed E-state index contributed by atoms with van der Waals surface area (Å²) in [5.41, 5.74) is 0. The first-order valence-electron chi connectivity index (χ1n) is 8.97. The van der Waals surface area contributed by atoms with Gasteiger partial charge in [0, 0.05) is 12.1 Å². The number of nitrogens with one attached hydrogen (secondary N) is 1. The Bertz CT molecular complexity index is 232. The Morgan fingerprint density at radius 1 is 1.10 bits per heavy atom. The molecule has 1 rings (SSSR count). The molecule has 0 aromatic heterocycles. The van der Waals surface area contributed by atoms with Crippen molar-refractivity contribution in [1.82, 2.24) is 10.2 Å². The number of hydrogen-bond acceptors (Lipinski definition) is 2. The fraction of sp³-hybridized carbons (Fsp3) is 1.00. The van der Waals surface area contributed by atoms with E-state index in [-0.39, 0.29) is 0 Å².